The van der Waals surface area contributed by atoms with Gasteiger partial charge in [0.05, 0.1) is 0 Å². The topological polar surface area (TPSA) is 3.24 Å². The van der Waals surface area contributed by atoms with Gasteiger partial charge in [0, 0.05) is 13.1 Å². The average Bonchev–Trinajstić information content (AvgIpc) is 2.95. The number of rotatable bonds is 6. The highest BCUT2D eigenvalue weighted by Gasteiger charge is 2.39. The van der Waals surface area contributed by atoms with Crippen LogP contribution in [0.1, 0.15) is 32.1 Å². The highest BCUT2D eigenvalue weighted by atomic mass is 15.1. The second kappa shape index (κ2) is 6.81. The van der Waals surface area contributed by atoms with E-state index in [-0.39, 0.29) is 0 Å². The van der Waals surface area contributed by atoms with E-state index in [0.29, 0.717) is 0 Å². The Balaban J connectivity index is 1.61. The van der Waals surface area contributed by atoms with Crippen molar-refractivity contribution >= 4 is 0 Å². The van der Waals surface area contributed by atoms with E-state index in [1.165, 1.54) is 32.2 Å². The quantitative estimate of drug-likeness (QED) is 0.510. The fourth-order valence-corrected chi connectivity index (χ4v) is 3.67. The van der Waals surface area contributed by atoms with E-state index in [0.717, 1.165) is 30.7 Å². The van der Waals surface area contributed by atoms with E-state index in [4.69, 9.17) is 6.42 Å². The smallest absolute Gasteiger partial charge is 0.00131 e. The molecule has 0 radical (unpaired) electrons. The predicted molar refractivity (Wildman–Crippen MR) is 78.2 cm³/mol. The highest BCUT2D eigenvalue weighted by molar-refractivity contribution is 5.15. The van der Waals surface area contributed by atoms with E-state index in [9.17, 15) is 0 Å². The summed E-state index contributed by atoms with van der Waals surface area (Å²) in [5.41, 5.74) is 0. The van der Waals surface area contributed by atoms with Crippen molar-refractivity contribution in [3.8, 4) is 12.3 Å². The van der Waals surface area contributed by atoms with Gasteiger partial charge in [-0.05, 0) is 56.6 Å². The first-order chi connectivity index (χ1) is 8.79. The molecule has 2 bridgehead atoms. The molecule has 0 aromatic carbocycles. The van der Waals surface area contributed by atoms with Gasteiger partial charge in [0.2, 0.25) is 0 Å². The number of hydrogen-bond acceptors (Lipinski definition) is 1. The summed E-state index contributed by atoms with van der Waals surface area (Å²) in [6.45, 7) is 2.46. The highest BCUT2D eigenvalue weighted by Crippen LogP contribution is 2.48. The molecular formula is C17H25N. The van der Waals surface area contributed by atoms with Crippen molar-refractivity contribution in [1.29, 1.82) is 0 Å². The maximum Gasteiger partial charge on any atom is 0.00131 e. The van der Waals surface area contributed by atoms with Crippen molar-refractivity contribution in [2.45, 2.75) is 32.1 Å². The zero-order valence-corrected chi connectivity index (χ0v) is 11.5. The standard InChI is InChI=1S/C17H25N/c1-3-4-5-6-7-8-11-18(2)14-17-13-15-9-10-16(17)12-15/h1,4-7,15-17H,8-14H2,2H3/b5-4-,7-6-. The van der Waals surface area contributed by atoms with Crippen LogP contribution in [0.3, 0.4) is 0 Å². The lowest BCUT2D eigenvalue weighted by atomic mass is 9.88. The van der Waals surface area contributed by atoms with Gasteiger partial charge in [-0.1, -0.05) is 30.6 Å². The first-order valence-corrected chi connectivity index (χ1v) is 7.26. The summed E-state index contributed by atoms with van der Waals surface area (Å²) in [6.07, 6.45) is 20.2. The molecule has 2 aliphatic rings. The Bertz CT molecular complexity index is 347. The fraction of sp³-hybridized carbons (Fsp3) is 0.647. The minimum Gasteiger partial charge on any atom is -0.306 e. The number of allylic oxidation sites excluding steroid dienone is 3. The molecule has 2 aliphatic carbocycles. The largest absolute Gasteiger partial charge is 0.306 e. The third kappa shape index (κ3) is 3.75. The van der Waals surface area contributed by atoms with Gasteiger partial charge >= 0.3 is 0 Å². The van der Waals surface area contributed by atoms with Crippen LogP contribution in [0.4, 0.5) is 0 Å². The number of hydrogen-bond donors (Lipinski definition) is 0. The van der Waals surface area contributed by atoms with Crippen LogP contribution >= 0.6 is 0 Å². The molecule has 0 aromatic heterocycles. The van der Waals surface area contributed by atoms with Gasteiger partial charge in [-0.2, -0.15) is 0 Å². The molecular weight excluding hydrogens is 218 g/mol. The Morgan fingerprint density at radius 1 is 1.28 bits per heavy atom. The molecule has 3 unspecified atom stereocenters. The van der Waals surface area contributed by atoms with Crippen LogP contribution in [0, 0.1) is 30.1 Å². The second-order valence-electron chi connectivity index (χ2n) is 5.94. The van der Waals surface area contributed by atoms with Crippen molar-refractivity contribution in [3.05, 3.63) is 24.3 Å². The molecule has 3 atom stereocenters. The van der Waals surface area contributed by atoms with Gasteiger partial charge in [-0.15, -0.1) is 6.42 Å². The van der Waals surface area contributed by atoms with E-state index in [1.807, 2.05) is 12.2 Å². The van der Waals surface area contributed by atoms with Crippen LogP contribution < -0.4 is 0 Å². The SMILES string of the molecule is C#C/C=C\C=C/CCN(C)CC1CC2CCC1C2. The fourth-order valence-electron chi connectivity index (χ4n) is 3.67. The Labute approximate surface area is 112 Å². The van der Waals surface area contributed by atoms with Crippen LogP contribution in [-0.4, -0.2) is 25.0 Å². The van der Waals surface area contributed by atoms with Crippen LogP contribution in [-0.2, 0) is 0 Å². The van der Waals surface area contributed by atoms with Crippen LogP contribution in [0.15, 0.2) is 24.3 Å². The second-order valence-corrected chi connectivity index (χ2v) is 5.94. The Morgan fingerprint density at radius 2 is 2.17 bits per heavy atom. The van der Waals surface area contributed by atoms with Gasteiger partial charge in [0.25, 0.3) is 0 Å². The molecule has 0 heterocycles. The van der Waals surface area contributed by atoms with Crippen molar-refractivity contribution in [3.63, 3.8) is 0 Å². The van der Waals surface area contributed by atoms with Gasteiger partial charge in [-0.3, -0.25) is 0 Å². The van der Waals surface area contributed by atoms with Gasteiger partial charge in [-0.25, -0.2) is 0 Å². The molecule has 18 heavy (non-hydrogen) atoms. The molecule has 0 saturated heterocycles. The molecule has 2 fully saturated rings. The number of nitrogens with zero attached hydrogens (tertiary/aromatic N) is 1. The van der Waals surface area contributed by atoms with Crippen molar-refractivity contribution in [1.82, 2.24) is 4.90 Å². The third-order valence-corrected chi connectivity index (χ3v) is 4.55. The molecule has 2 rings (SSSR count). The Kier molecular flexibility index (Phi) is 5.08. The molecule has 2 saturated carbocycles. The maximum atomic E-state index is 5.13. The Morgan fingerprint density at radius 3 is 2.83 bits per heavy atom. The van der Waals surface area contributed by atoms with E-state index in [2.05, 4.69) is 23.9 Å². The molecule has 0 amide bonds. The molecule has 0 aliphatic heterocycles. The lowest BCUT2D eigenvalue weighted by Gasteiger charge is -2.26. The van der Waals surface area contributed by atoms with E-state index >= 15 is 0 Å². The summed E-state index contributed by atoms with van der Waals surface area (Å²) < 4.78 is 0. The molecule has 1 heteroatoms. The zero-order valence-electron chi connectivity index (χ0n) is 11.5. The first-order valence-electron chi connectivity index (χ1n) is 7.26. The van der Waals surface area contributed by atoms with Crippen LogP contribution in [0.25, 0.3) is 0 Å². The summed E-state index contributed by atoms with van der Waals surface area (Å²) >= 11 is 0. The molecule has 1 nitrogen and oxygen atoms in total. The van der Waals surface area contributed by atoms with Gasteiger partial charge < -0.3 is 4.90 Å². The van der Waals surface area contributed by atoms with Gasteiger partial charge in [0.15, 0.2) is 0 Å². The summed E-state index contributed by atoms with van der Waals surface area (Å²) in [4.78, 5) is 2.50. The number of terminal acetylenes is 1. The van der Waals surface area contributed by atoms with Gasteiger partial charge in [0.1, 0.15) is 0 Å². The average molecular weight is 243 g/mol. The summed E-state index contributed by atoms with van der Waals surface area (Å²) in [7, 11) is 2.26. The monoisotopic (exact) mass is 243 g/mol. The lowest BCUT2D eigenvalue weighted by Crippen LogP contribution is -2.29. The first kappa shape index (κ1) is 13.4. The molecule has 0 N–H and O–H groups in total. The lowest BCUT2D eigenvalue weighted by molar-refractivity contribution is 0.222. The Hall–Kier alpha value is -1.00. The van der Waals surface area contributed by atoms with E-state index in [1.54, 1.807) is 6.08 Å². The molecule has 0 spiro atoms. The zero-order chi connectivity index (χ0) is 12.8. The minimum absolute atomic E-state index is 0.985. The minimum atomic E-state index is 0.985. The summed E-state index contributed by atoms with van der Waals surface area (Å²) in [5, 5.41) is 0. The van der Waals surface area contributed by atoms with Crippen LogP contribution in [0.2, 0.25) is 0 Å². The predicted octanol–water partition coefficient (Wildman–Crippen LogP) is 3.49. The van der Waals surface area contributed by atoms with Crippen molar-refractivity contribution < 1.29 is 0 Å². The third-order valence-electron chi connectivity index (χ3n) is 4.55. The van der Waals surface area contributed by atoms with Crippen molar-refractivity contribution in [2.75, 3.05) is 20.1 Å². The number of fused-ring (bicyclic) bond motifs is 2. The summed E-state index contributed by atoms with van der Waals surface area (Å²) in [5.74, 6) is 5.59. The summed E-state index contributed by atoms with van der Waals surface area (Å²) in [6, 6.07) is 0. The molecule has 0 aromatic rings. The van der Waals surface area contributed by atoms with Crippen molar-refractivity contribution in [2.24, 2.45) is 17.8 Å². The normalized spacial score (nSPS) is 30.8. The van der Waals surface area contributed by atoms with E-state index < -0.39 is 0 Å². The van der Waals surface area contributed by atoms with Crippen LogP contribution in [0.5, 0.6) is 0 Å². The molecule has 98 valence electrons. The maximum absolute atomic E-state index is 5.13.